The second kappa shape index (κ2) is 10.1. The number of anilines is 1. The highest BCUT2D eigenvalue weighted by atomic mass is 32.2. The third kappa shape index (κ3) is 5.07. The summed E-state index contributed by atoms with van der Waals surface area (Å²) in [6.07, 6.45) is 3.58. The van der Waals surface area contributed by atoms with E-state index in [4.69, 9.17) is 10.8 Å². The van der Waals surface area contributed by atoms with Crippen molar-refractivity contribution in [3.63, 3.8) is 0 Å². The summed E-state index contributed by atoms with van der Waals surface area (Å²) in [6.45, 7) is -0.530. The Bertz CT molecular complexity index is 1250. The van der Waals surface area contributed by atoms with Crippen molar-refractivity contribution in [3.05, 3.63) is 47.7 Å². The van der Waals surface area contributed by atoms with Crippen LogP contribution in [0.15, 0.2) is 47.0 Å². The minimum Gasteiger partial charge on any atom is -0.479 e. The van der Waals surface area contributed by atoms with Crippen LogP contribution in [0.1, 0.15) is 5.82 Å². The first-order valence-electron chi connectivity index (χ1n) is 9.92. The standard InChI is InChI=1S/C19H17N7O7S2/c20-19-22-14(24-35-19)11(23-33-7-10(27)28)15(29)21-12-16(30)26-13(18(31)32)9(8-34-17(12)26)6-25-4-2-1-3-5-25/h1-5,12,17H,6-8H2,(H4-,20,21,22,24,27,28,29,31,32)/p+1/b23-11-/t12?,17-/m1/s1. The van der Waals surface area contributed by atoms with Gasteiger partial charge in [0.2, 0.25) is 18.1 Å². The highest BCUT2D eigenvalue weighted by Crippen LogP contribution is 2.40. The molecular formula is C19H18N7O7S2+. The zero-order chi connectivity index (χ0) is 25.1. The Morgan fingerprint density at radius 2 is 2.03 bits per heavy atom. The van der Waals surface area contributed by atoms with Gasteiger partial charge in [0, 0.05) is 35.0 Å². The van der Waals surface area contributed by atoms with Gasteiger partial charge in [-0.15, -0.1) is 11.8 Å². The van der Waals surface area contributed by atoms with Crippen molar-refractivity contribution in [2.75, 3.05) is 18.1 Å². The molecule has 4 heterocycles. The predicted octanol–water partition coefficient (Wildman–Crippen LogP) is -1.35. The number of nitrogen functional groups attached to an aromatic ring is 1. The number of carbonyl (C=O) groups excluding carboxylic acids is 2. The third-order valence-corrected chi connectivity index (χ3v) is 6.78. The van der Waals surface area contributed by atoms with Gasteiger partial charge in [-0.25, -0.2) is 14.2 Å². The summed E-state index contributed by atoms with van der Waals surface area (Å²) >= 11 is 2.09. The van der Waals surface area contributed by atoms with Gasteiger partial charge in [-0.3, -0.25) is 14.5 Å². The van der Waals surface area contributed by atoms with E-state index in [0.29, 0.717) is 11.3 Å². The minimum atomic E-state index is -1.32. The molecule has 0 radical (unpaired) electrons. The summed E-state index contributed by atoms with van der Waals surface area (Å²) < 4.78 is 5.67. The van der Waals surface area contributed by atoms with Gasteiger partial charge in [-0.1, -0.05) is 11.2 Å². The Hall–Kier alpha value is -4.05. The molecule has 5 N–H and O–H groups in total. The quantitative estimate of drug-likeness (QED) is 0.132. The molecule has 2 atom stereocenters. The van der Waals surface area contributed by atoms with Crippen molar-refractivity contribution in [1.29, 1.82) is 0 Å². The second-order valence-corrected chi connectivity index (χ2v) is 9.12. The van der Waals surface area contributed by atoms with Crippen molar-refractivity contribution in [2.45, 2.75) is 18.0 Å². The van der Waals surface area contributed by atoms with Gasteiger partial charge in [-0.2, -0.15) is 9.36 Å². The van der Waals surface area contributed by atoms with Crippen molar-refractivity contribution in [3.8, 4) is 0 Å². The number of nitrogens with two attached hydrogens (primary N) is 1. The van der Waals surface area contributed by atoms with Crippen LogP contribution in [0.3, 0.4) is 0 Å². The van der Waals surface area contributed by atoms with Gasteiger partial charge in [0.05, 0.1) is 0 Å². The van der Waals surface area contributed by atoms with E-state index in [2.05, 4.69) is 24.7 Å². The number of amides is 2. The number of thioether (sulfide) groups is 1. The average Bonchev–Trinajstić information content (AvgIpc) is 3.25. The molecule has 0 saturated carbocycles. The van der Waals surface area contributed by atoms with Crippen LogP contribution in [0, 0.1) is 0 Å². The van der Waals surface area contributed by atoms with E-state index >= 15 is 0 Å². The molecule has 0 spiro atoms. The van der Waals surface area contributed by atoms with Crippen molar-refractivity contribution >= 4 is 57.9 Å². The summed E-state index contributed by atoms with van der Waals surface area (Å²) in [6, 6.07) is 4.41. The Morgan fingerprint density at radius 3 is 2.66 bits per heavy atom. The molecule has 35 heavy (non-hydrogen) atoms. The maximum Gasteiger partial charge on any atom is 0.352 e. The topological polar surface area (TPSA) is 201 Å². The van der Waals surface area contributed by atoms with Gasteiger partial charge in [0.15, 0.2) is 24.1 Å². The van der Waals surface area contributed by atoms with Gasteiger partial charge in [-0.05, 0) is 0 Å². The van der Waals surface area contributed by atoms with Crippen molar-refractivity contribution < 1.29 is 38.8 Å². The number of rotatable bonds is 9. The van der Waals surface area contributed by atoms with E-state index in [9.17, 15) is 24.3 Å². The number of fused-ring (bicyclic) bond motifs is 1. The lowest BCUT2D eigenvalue weighted by Gasteiger charge is -2.49. The average molecular weight is 521 g/mol. The number of nitrogens with one attached hydrogen (secondary N) is 1. The highest BCUT2D eigenvalue weighted by Gasteiger charge is 2.54. The fraction of sp³-hybridized carbons (Fsp3) is 0.263. The third-order valence-electron chi connectivity index (χ3n) is 4.90. The molecule has 1 fully saturated rings. The fourth-order valence-corrected chi connectivity index (χ4v) is 5.21. The molecule has 2 amide bonds. The first-order chi connectivity index (χ1) is 16.8. The van der Waals surface area contributed by atoms with Crippen LogP contribution < -0.4 is 15.6 Å². The van der Waals surface area contributed by atoms with Crippen LogP contribution in [0.2, 0.25) is 0 Å². The Labute approximate surface area is 205 Å². The number of nitrogens with zero attached hydrogens (tertiary/aromatic N) is 5. The monoisotopic (exact) mass is 520 g/mol. The zero-order valence-corrected chi connectivity index (χ0v) is 19.4. The lowest BCUT2D eigenvalue weighted by atomic mass is 10.0. The maximum atomic E-state index is 12.9. The van der Waals surface area contributed by atoms with Crippen LogP contribution >= 0.6 is 23.3 Å². The molecular weight excluding hydrogens is 502 g/mol. The number of pyridine rings is 1. The number of carbonyl (C=O) groups is 4. The number of aromatic nitrogens is 3. The molecule has 182 valence electrons. The van der Waals surface area contributed by atoms with Gasteiger partial charge < -0.3 is 26.1 Å². The van der Waals surface area contributed by atoms with E-state index in [1.54, 1.807) is 17.0 Å². The first kappa shape index (κ1) is 24.1. The number of carboxylic acids is 2. The van der Waals surface area contributed by atoms with Crippen LogP contribution in [-0.2, 0) is 30.6 Å². The first-order valence-corrected chi connectivity index (χ1v) is 11.7. The summed E-state index contributed by atoms with van der Waals surface area (Å²) in [5.74, 6) is -3.95. The molecule has 2 aliphatic heterocycles. The van der Waals surface area contributed by atoms with Gasteiger partial charge in [0.25, 0.3) is 11.8 Å². The molecule has 2 aromatic heterocycles. The molecule has 2 aromatic rings. The largest absolute Gasteiger partial charge is 0.479 e. The Balaban J connectivity index is 1.52. The number of hydrogen-bond acceptors (Lipinski definition) is 11. The lowest BCUT2D eigenvalue weighted by Crippen LogP contribution is -2.71. The van der Waals surface area contributed by atoms with E-state index in [1.807, 2.05) is 18.2 Å². The van der Waals surface area contributed by atoms with Crippen molar-refractivity contribution in [1.82, 2.24) is 19.6 Å². The number of hydrogen-bond donors (Lipinski definition) is 4. The Morgan fingerprint density at radius 1 is 1.29 bits per heavy atom. The SMILES string of the molecule is Nc1nc(/C(=N/OCC(=O)O)C(=O)NC2C(=O)N3C(C(=O)O)=C(C[n+]4ccccc4)CS[C@H]23)ns1. The number of aliphatic carboxylic acids is 2. The second-order valence-electron chi connectivity index (χ2n) is 7.23. The number of oxime groups is 1. The smallest absolute Gasteiger partial charge is 0.352 e. The molecule has 1 unspecified atom stereocenters. The molecule has 14 nitrogen and oxygen atoms in total. The minimum absolute atomic E-state index is 0.0347. The molecule has 4 rings (SSSR count). The summed E-state index contributed by atoms with van der Waals surface area (Å²) in [4.78, 5) is 58.1. The molecule has 16 heteroatoms. The van der Waals surface area contributed by atoms with E-state index < -0.39 is 47.5 Å². The highest BCUT2D eigenvalue weighted by molar-refractivity contribution is 8.00. The predicted molar refractivity (Wildman–Crippen MR) is 121 cm³/mol. The normalized spacial score (nSPS) is 19.6. The van der Waals surface area contributed by atoms with Crippen LogP contribution in [-0.4, -0.2) is 77.7 Å². The van der Waals surface area contributed by atoms with Gasteiger partial charge >= 0.3 is 11.9 Å². The lowest BCUT2D eigenvalue weighted by molar-refractivity contribution is -0.689. The Kier molecular flexibility index (Phi) is 6.92. The van der Waals surface area contributed by atoms with Crippen LogP contribution in [0.4, 0.5) is 5.13 Å². The summed E-state index contributed by atoms with van der Waals surface area (Å²) in [5.41, 5.74) is 5.52. The molecule has 2 aliphatic rings. The van der Waals surface area contributed by atoms with Crippen LogP contribution in [0.25, 0.3) is 0 Å². The summed E-state index contributed by atoms with van der Waals surface area (Å²) in [5, 5.41) is 23.9. The number of β-lactam (4-membered cyclic amide) rings is 1. The van der Waals surface area contributed by atoms with Crippen molar-refractivity contribution in [2.24, 2.45) is 5.16 Å². The van der Waals surface area contributed by atoms with Gasteiger partial charge in [0.1, 0.15) is 17.1 Å². The molecule has 1 saturated heterocycles. The van der Waals surface area contributed by atoms with Crippen LogP contribution in [0.5, 0.6) is 0 Å². The van der Waals surface area contributed by atoms with E-state index in [-0.39, 0.29) is 23.2 Å². The van der Waals surface area contributed by atoms with E-state index in [0.717, 1.165) is 16.4 Å². The number of carboxylic acid groups (broad SMARTS) is 2. The molecule has 0 bridgehead atoms. The maximum absolute atomic E-state index is 12.9. The zero-order valence-electron chi connectivity index (χ0n) is 17.7. The van der Waals surface area contributed by atoms with E-state index in [1.165, 1.54) is 11.8 Å². The fourth-order valence-electron chi connectivity index (χ4n) is 3.44. The summed E-state index contributed by atoms with van der Waals surface area (Å²) in [7, 11) is 0. The molecule has 0 aliphatic carbocycles. The molecule has 0 aromatic carbocycles.